The van der Waals surface area contributed by atoms with Crippen molar-refractivity contribution in [1.29, 1.82) is 0 Å². The van der Waals surface area contributed by atoms with E-state index in [-0.39, 0.29) is 61.4 Å². The van der Waals surface area contributed by atoms with E-state index in [0.29, 0.717) is 0 Å². The Bertz CT molecular complexity index is 92.9. The minimum atomic E-state index is 0. The van der Waals surface area contributed by atoms with Gasteiger partial charge in [0.15, 0.2) is 0 Å². The molecular formula is C14H35Cl2N4Ti. The summed E-state index contributed by atoms with van der Waals surface area (Å²) < 4.78 is 0. The van der Waals surface area contributed by atoms with E-state index in [2.05, 4.69) is 21.3 Å². The summed E-state index contributed by atoms with van der Waals surface area (Å²) in [5.74, 6) is 0. The summed E-state index contributed by atoms with van der Waals surface area (Å²) in [6.45, 7) is 8.80. The monoisotopic (exact) mass is 377 g/mol. The quantitative estimate of drug-likeness (QED) is 0.448. The van der Waals surface area contributed by atoms with Gasteiger partial charge in [-0.2, -0.15) is 0 Å². The Hall–Kier alpha value is 1.13. The van der Waals surface area contributed by atoms with Crippen molar-refractivity contribution in [1.82, 2.24) is 16.0 Å². The van der Waals surface area contributed by atoms with Gasteiger partial charge in [0.25, 0.3) is 0 Å². The van der Waals surface area contributed by atoms with Gasteiger partial charge in [0.2, 0.25) is 0 Å². The summed E-state index contributed by atoms with van der Waals surface area (Å²) >= 11 is 0. The Labute approximate surface area is 160 Å². The van der Waals surface area contributed by atoms with Crippen LogP contribution in [0.1, 0.15) is 25.7 Å². The van der Waals surface area contributed by atoms with Crippen molar-refractivity contribution in [2.75, 3.05) is 52.4 Å². The van der Waals surface area contributed by atoms with Crippen LogP contribution in [0.2, 0.25) is 0 Å². The van der Waals surface area contributed by atoms with Gasteiger partial charge in [-0.25, -0.2) is 0 Å². The molecule has 3 N–H and O–H groups in total. The van der Waals surface area contributed by atoms with Crippen LogP contribution in [-0.4, -0.2) is 52.4 Å². The van der Waals surface area contributed by atoms with E-state index in [0.717, 1.165) is 52.4 Å². The van der Waals surface area contributed by atoms with E-state index < -0.39 is 0 Å². The van der Waals surface area contributed by atoms with Gasteiger partial charge in [-0.3, -0.25) is 0 Å². The van der Waals surface area contributed by atoms with Crippen LogP contribution in [0.4, 0.5) is 0 Å². The van der Waals surface area contributed by atoms with E-state index in [1.807, 2.05) is 0 Å². The molecular weight excluding hydrogens is 343 g/mol. The molecule has 1 radical (unpaired) electrons. The summed E-state index contributed by atoms with van der Waals surface area (Å²) in [5, 5.41) is 14.9. The number of rotatable bonds is 0. The van der Waals surface area contributed by atoms with E-state index in [9.17, 15) is 0 Å². The first-order valence-corrected chi connectivity index (χ1v) is 6.75. The van der Waals surface area contributed by atoms with Crippen LogP contribution in [0.5, 0.6) is 0 Å². The molecule has 0 saturated carbocycles. The molecule has 1 aliphatic rings. The molecule has 0 aromatic rings. The topological polar surface area (TPSA) is 50.2 Å². The average Bonchev–Trinajstić information content (AvgIpc) is 2.29. The predicted octanol–water partition coefficient (Wildman–Crippen LogP) is 2.44. The van der Waals surface area contributed by atoms with Crippen molar-refractivity contribution in [3.8, 4) is 0 Å². The molecule has 0 aliphatic carbocycles. The zero-order valence-electron chi connectivity index (χ0n) is 13.7. The second kappa shape index (κ2) is 29.2. The maximum atomic E-state index is 4.51. The zero-order chi connectivity index (χ0) is 11.3. The molecule has 0 unspecified atom stereocenters. The summed E-state index contributed by atoms with van der Waals surface area (Å²) in [5.41, 5.74) is 0. The molecule has 1 heterocycles. The molecule has 0 aromatic heterocycles. The van der Waals surface area contributed by atoms with Crippen LogP contribution in [0.3, 0.4) is 0 Å². The van der Waals surface area contributed by atoms with Crippen LogP contribution in [-0.2, 0) is 21.7 Å². The molecule has 1 fully saturated rings. The van der Waals surface area contributed by atoms with Gasteiger partial charge in [-0.1, -0.05) is 12.8 Å². The van der Waals surface area contributed by atoms with Crippen molar-refractivity contribution < 1.29 is 21.7 Å². The molecule has 0 atom stereocenters. The minimum absolute atomic E-state index is 0. The maximum Gasteiger partial charge on any atom is 3.00 e. The molecule has 1 saturated heterocycles. The predicted molar refractivity (Wildman–Crippen MR) is 97.5 cm³/mol. The number of hydrogen-bond acceptors (Lipinski definition) is 3. The molecule has 4 nitrogen and oxygen atoms in total. The van der Waals surface area contributed by atoms with Crippen LogP contribution < -0.4 is 16.0 Å². The number of hydrogen-bond donors (Lipinski definition) is 3. The Morgan fingerprint density at radius 3 is 1.14 bits per heavy atom. The zero-order valence-corrected chi connectivity index (χ0v) is 16.9. The standard InChI is InChI=1S/C12H27N4.2CH3.2ClH.Ti/c1-5-13-7-2-9-15-11-4-12-16-10-3-8-14-6-1;;;;;/h13-15H,1-12H2;2*1H3;2*1H;/q3*-1;;;+3. The Morgan fingerprint density at radius 2 is 0.810 bits per heavy atom. The molecule has 0 amide bonds. The van der Waals surface area contributed by atoms with Crippen LogP contribution >= 0.6 is 24.8 Å². The Balaban J connectivity index is -0.000000171. The smallest absolute Gasteiger partial charge is 0.662 e. The van der Waals surface area contributed by atoms with Crippen molar-refractivity contribution in [2.45, 2.75) is 25.7 Å². The Morgan fingerprint density at radius 1 is 0.524 bits per heavy atom. The van der Waals surface area contributed by atoms with E-state index in [1.165, 1.54) is 25.7 Å². The fourth-order valence-corrected chi connectivity index (χ4v) is 1.80. The molecule has 1 rings (SSSR count). The second-order valence-corrected chi connectivity index (χ2v) is 4.34. The largest absolute Gasteiger partial charge is 3.00 e. The fraction of sp³-hybridized carbons (Fsp3) is 0.857. The first-order valence-electron chi connectivity index (χ1n) is 6.75. The van der Waals surface area contributed by atoms with Crippen molar-refractivity contribution in [2.24, 2.45) is 0 Å². The van der Waals surface area contributed by atoms with Gasteiger partial charge >= 0.3 is 21.7 Å². The molecule has 0 spiro atoms. The number of halogens is 2. The number of nitrogens with one attached hydrogen (secondary N) is 3. The van der Waals surface area contributed by atoms with Gasteiger partial charge in [0, 0.05) is 0 Å². The van der Waals surface area contributed by atoms with Gasteiger partial charge < -0.3 is 36.1 Å². The van der Waals surface area contributed by atoms with E-state index in [1.54, 1.807) is 0 Å². The third kappa shape index (κ3) is 26.4. The summed E-state index contributed by atoms with van der Waals surface area (Å²) in [7, 11) is 0. The molecule has 21 heavy (non-hydrogen) atoms. The first-order chi connectivity index (χ1) is 8.00. The van der Waals surface area contributed by atoms with Crippen molar-refractivity contribution in [3.05, 3.63) is 20.2 Å². The van der Waals surface area contributed by atoms with Crippen LogP contribution in [0.25, 0.3) is 5.32 Å². The summed E-state index contributed by atoms with van der Waals surface area (Å²) in [4.78, 5) is 0. The molecule has 0 aromatic carbocycles. The molecule has 1 aliphatic heterocycles. The van der Waals surface area contributed by atoms with E-state index in [4.69, 9.17) is 0 Å². The summed E-state index contributed by atoms with van der Waals surface area (Å²) in [6.07, 6.45) is 4.82. The first kappa shape index (κ1) is 33.7. The third-order valence-corrected chi connectivity index (χ3v) is 2.75. The average molecular weight is 378 g/mol. The molecule has 129 valence electrons. The summed E-state index contributed by atoms with van der Waals surface area (Å²) in [6, 6.07) is 0. The van der Waals surface area contributed by atoms with Gasteiger partial charge in [0.05, 0.1) is 0 Å². The minimum Gasteiger partial charge on any atom is -0.662 e. The normalized spacial score (nSPS) is 18.3. The SMILES string of the molecule is C1C[N-]CCCNCCCNCCCNC1.Cl.Cl.[CH3-].[CH3-].[Ti+3]. The van der Waals surface area contributed by atoms with Gasteiger partial charge in [-0.05, 0) is 52.1 Å². The second-order valence-electron chi connectivity index (χ2n) is 4.34. The van der Waals surface area contributed by atoms with Crippen LogP contribution in [0, 0.1) is 14.9 Å². The third-order valence-electron chi connectivity index (χ3n) is 2.75. The van der Waals surface area contributed by atoms with Gasteiger partial charge in [-0.15, -0.1) is 37.9 Å². The Kier molecular flexibility index (Phi) is 46.8. The van der Waals surface area contributed by atoms with Crippen molar-refractivity contribution >= 4 is 24.8 Å². The maximum absolute atomic E-state index is 4.51. The fourth-order valence-electron chi connectivity index (χ4n) is 1.80. The number of nitrogens with zero attached hydrogens (tertiary/aromatic N) is 1. The van der Waals surface area contributed by atoms with Gasteiger partial charge in [0.1, 0.15) is 0 Å². The molecule has 0 bridgehead atoms. The van der Waals surface area contributed by atoms with Crippen molar-refractivity contribution in [3.63, 3.8) is 0 Å². The van der Waals surface area contributed by atoms with Crippen LogP contribution in [0.15, 0.2) is 0 Å². The van der Waals surface area contributed by atoms with E-state index >= 15 is 0 Å². The molecule has 7 heteroatoms.